The van der Waals surface area contributed by atoms with Crippen molar-refractivity contribution in [2.75, 3.05) is 6.54 Å². The van der Waals surface area contributed by atoms with Crippen LogP contribution in [0, 0.1) is 10.8 Å². The number of allylic oxidation sites excluding steroid dienone is 1. The summed E-state index contributed by atoms with van der Waals surface area (Å²) in [5.41, 5.74) is 2.01. The van der Waals surface area contributed by atoms with Crippen molar-refractivity contribution in [1.29, 1.82) is 0 Å². The van der Waals surface area contributed by atoms with E-state index in [0.717, 1.165) is 37.1 Å². The summed E-state index contributed by atoms with van der Waals surface area (Å²) in [5.74, 6) is 0.179. The zero-order chi connectivity index (χ0) is 18.0. The van der Waals surface area contributed by atoms with E-state index in [1.807, 2.05) is 11.8 Å². The predicted molar refractivity (Wildman–Crippen MR) is 99.1 cm³/mol. The number of hydrogen-bond donors (Lipinski definition) is 1. The summed E-state index contributed by atoms with van der Waals surface area (Å²) in [6.07, 6.45) is 2.95. The van der Waals surface area contributed by atoms with E-state index in [2.05, 4.69) is 60.0 Å². The Bertz CT molecular complexity index is 465. The lowest BCUT2D eigenvalue weighted by atomic mass is 9.84. The first kappa shape index (κ1) is 19.8. The monoisotopic (exact) mass is 320 g/mol. The standard InChI is InChI=1S/C20H36N2O/c1-14(2)16-11-10-12-22(16)18(23)17(20(7,8)9)21-15(3)13-19(4,5)6/h16-17,21H,1,3,10-13H2,2,4-9H3/t16-,17+/m0/s1. The third-order valence-electron chi connectivity index (χ3n) is 4.31. The van der Waals surface area contributed by atoms with Gasteiger partial charge in [-0.1, -0.05) is 60.3 Å². The van der Waals surface area contributed by atoms with Crippen molar-refractivity contribution in [3.05, 3.63) is 24.4 Å². The van der Waals surface area contributed by atoms with E-state index >= 15 is 0 Å². The molecule has 3 heteroatoms. The topological polar surface area (TPSA) is 32.3 Å². The number of hydrogen-bond acceptors (Lipinski definition) is 2. The summed E-state index contributed by atoms with van der Waals surface area (Å²) in [7, 11) is 0. The summed E-state index contributed by atoms with van der Waals surface area (Å²) >= 11 is 0. The van der Waals surface area contributed by atoms with Crippen molar-refractivity contribution >= 4 is 5.91 Å². The molecule has 0 radical (unpaired) electrons. The second kappa shape index (κ2) is 7.11. The lowest BCUT2D eigenvalue weighted by Gasteiger charge is -2.37. The van der Waals surface area contributed by atoms with Gasteiger partial charge in [-0.3, -0.25) is 4.79 Å². The van der Waals surface area contributed by atoms with Crippen LogP contribution >= 0.6 is 0 Å². The van der Waals surface area contributed by atoms with Crippen molar-refractivity contribution in [2.45, 2.75) is 79.8 Å². The van der Waals surface area contributed by atoms with Gasteiger partial charge in [0.15, 0.2) is 0 Å². The number of rotatable bonds is 5. The molecular formula is C20H36N2O. The van der Waals surface area contributed by atoms with Crippen molar-refractivity contribution in [2.24, 2.45) is 10.8 Å². The van der Waals surface area contributed by atoms with E-state index in [9.17, 15) is 4.79 Å². The van der Waals surface area contributed by atoms with Crippen LogP contribution in [0.1, 0.15) is 67.7 Å². The lowest BCUT2D eigenvalue weighted by Crippen LogP contribution is -2.54. The number of amides is 1. The Morgan fingerprint density at radius 3 is 2.22 bits per heavy atom. The van der Waals surface area contributed by atoms with Gasteiger partial charge < -0.3 is 10.2 Å². The molecule has 1 aliphatic rings. The molecule has 0 aromatic rings. The molecule has 1 fully saturated rings. The van der Waals surface area contributed by atoms with Gasteiger partial charge in [-0.05, 0) is 37.0 Å². The zero-order valence-corrected chi connectivity index (χ0v) is 16.3. The first-order valence-corrected chi connectivity index (χ1v) is 8.73. The highest BCUT2D eigenvalue weighted by Crippen LogP contribution is 2.30. The van der Waals surface area contributed by atoms with Gasteiger partial charge in [0, 0.05) is 12.2 Å². The molecule has 0 spiro atoms. The van der Waals surface area contributed by atoms with Crippen molar-refractivity contribution in [1.82, 2.24) is 10.2 Å². The van der Waals surface area contributed by atoms with Crippen LogP contribution in [0.25, 0.3) is 0 Å². The summed E-state index contributed by atoms with van der Waals surface area (Å²) in [6.45, 7) is 24.0. The van der Waals surface area contributed by atoms with Crippen LogP contribution in [0.2, 0.25) is 0 Å². The smallest absolute Gasteiger partial charge is 0.246 e. The minimum absolute atomic E-state index is 0.156. The van der Waals surface area contributed by atoms with Gasteiger partial charge in [-0.2, -0.15) is 0 Å². The normalized spacial score (nSPS) is 20.3. The van der Waals surface area contributed by atoms with Crippen molar-refractivity contribution in [3.8, 4) is 0 Å². The molecule has 0 bridgehead atoms. The molecule has 2 atom stereocenters. The van der Waals surface area contributed by atoms with E-state index in [1.54, 1.807) is 0 Å². The molecule has 1 rings (SSSR count). The number of likely N-dealkylation sites (tertiary alicyclic amines) is 1. The van der Waals surface area contributed by atoms with Gasteiger partial charge in [-0.25, -0.2) is 0 Å². The molecular weight excluding hydrogens is 284 g/mol. The number of nitrogens with one attached hydrogen (secondary N) is 1. The van der Waals surface area contributed by atoms with Gasteiger partial charge in [-0.15, -0.1) is 0 Å². The largest absolute Gasteiger partial charge is 0.377 e. The van der Waals surface area contributed by atoms with Gasteiger partial charge in [0.25, 0.3) is 0 Å². The fourth-order valence-electron chi connectivity index (χ4n) is 3.25. The van der Waals surface area contributed by atoms with Gasteiger partial charge >= 0.3 is 0 Å². The van der Waals surface area contributed by atoms with E-state index in [0.29, 0.717) is 0 Å². The van der Waals surface area contributed by atoms with E-state index < -0.39 is 0 Å². The molecule has 23 heavy (non-hydrogen) atoms. The first-order valence-electron chi connectivity index (χ1n) is 8.73. The first-order chi connectivity index (χ1) is 10.3. The van der Waals surface area contributed by atoms with E-state index in [4.69, 9.17) is 0 Å². The molecule has 0 saturated carbocycles. The Balaban J connectivity index is 2.92. The molecule has 0 aromatic heterocycles. The summed E-state index contributed by atoms with van der Waals surface area (Å²) in [4.78, 5) is 15.2. The third kappa shape index (κ3) is 5.71. The zero-order valence-electron chi connectivity index (χ0n) is 16.3. The van der Waals surface area contributed by atoms with Crippen LogP contribution in [0.15, 0.2) is 24.4 Å². The maximum absolute atomic E-state index is 13.2. The van der Waals surface area contributed by atoms with Gasteiger partial charge in [0.1, 0.15) is 6.04 Å². The summed E-state index contributed by atoms with van der Waals surface area (Å²) in [5, 5.41) is 3.43. The molecule has 1 aliphatic heterocycles. The summed E-state index contributed by atoms with van der Waals surface area (Å²) < 4.78 is 0. The lowest BCUT2D eigenvalue weighted by molar-refractivity contribution is -0.136. The molecule has 0 aliphatic carbocycles. The average molecular weight is 321 g/mol. The minimum atomic E-state index is -0.253. The molecule has 1 saturated heterocycles. The highest BCUT2D eigenvalue weighted by atomic mass is 16.2. The maximum Gasteiger partial charge on any atom is 0.246 e. The Labute approximate surface area is 143 Å². The minimum Gasteiger partial charge on any atom is -0.377 e. The molecule has 1 heterocycles. The average Bonchev–Trinajstić information content (AvgIpc) is 2.80. The second-order valence-corrected chi connectivity index (χ2v) is 9.32. The Morgan fingerprint density at radius 2 is 1.78 bits per heavy atom. The Hall–Kier alpha value is -1.25. The SMILES string of the molecule is C=C(CC(C)(C)C)N[C@H](C(=O)N1CCC[C@H]1C(=C)C)C(C)(C)C. The highest BCUT2D eigenvalue weighted by molar-refractivity contribution is 5.84. The quantitative estimate of drug-likeness (QED) is 0.756. The maximum atomic E-state index is 13.2. The molecule has 3 nitrogen and oxygen atoms in total. The third-order valence-corrected chi connectivity index (χ3v) is 4.31. The van der Waals surface area contributed by atoms with Crippen LogP contribution in [0.5, 0.6) is 0 Å². The fourth-order valence-corrected chi connectivity index (χ4v) is 3.25. The fraction of sp³-hybridized carbons (Fsp3) is 0.750. The van der Waals surface area contributed by atoms with E-state index in [1.165, 1.54) is 0 Å². The second-order valence-electron chi connectivity index (χ2n) is 9.32. The van der Waals surface area contributed by atoms with Gasteiger partial charge in [0.05, 0.1) is 6.04 Å². The van der Waals surface area contributed by atoms with Crippen LogP contribution in [0.4, 0.5) is 0 Å². The van der Waals surface area contributed by atoms with Crippen LogP contribution in [0.3, 0.4) is 0 Å². The molecule has 0 unspecified atom stereocenters. The summed E-state index contributed by atoms with van der Waals surface area (Å²) in [6, 6.07) is -0.0673. The molecule has 0 aromatic carbocycles. The Morgan fingerprint density at radius 1 is 1.22 bits per heavy atom. The number of carbonyl (C=O) groups excluding carboxylic acids is 1. The Kier molecular flexibility index (Phi) is 6.12. The van der Waals surface area contributed by atoms with Crippen LogP contribution < -0.4 is 5.32 Å². The van der Waals surface area contributed by atoms with Crippen molar-refractivity contribution < 1.29 is 4.79 Å². The van der Waals surface area contributed by atoms with Crippen LogP contribution in [-0.2, 0) is 4.79 Å². The van der Waals surface area contributed by atoms with Gasteiger partial charge in [0.2, 0.25) is 5.91 Å². The van der Waals surface area contributed by atoms with E-state index in [-0.39, 0.29) is 28.8 Å². The van der Waals surface area contributed by atoms with Crippen molar-refractivity contribution in [3.63, 3.8) is 0 Å². The highest BCUT2D eigenvalue weighted by Gasteiger charge is 2.39. The molecule has 132 valence electrons. The van der Waals surface area contributed by atoms with Crippen LogP contribution in [-0.4, -0.2) is 29.4 Å². The molecule has 1 amide bonds. The number of carbonyl (C=O) groups is 1. The predicted octanol–water partition coefficient (Wildman–Crippen LogP) is 4.51. The number of nitrogens with zero attached hydrogens (tertiary/aromatic N) is 1. The molecule has 1 N–H and O–H groups in total.